The first-order valence-electron chi connectivity index (χ1n) is 5.82. The second-order valence-electron chi connectivity index (χ2n) is 4.38. The van der Waals surface area contributed by atoms with Gasteiger partial charge in [0.15, 0.2) is 16.6 Å². The topological polar surface area (TPSA) is 43.1 Å². The van der Waals surface area contributed by atoms with Crippen LogP contribution < -0.4 is 0 Å². The highest BCUT2D eigenvalue weighted by Gasteiger charge is 2.17. The van der Waals surface area contributed by atoms with Gasteiger partial charge in [0.1, 0.15) is 5.82 Å². The second kappa shape index (κ2) is 4.68. The summed E-state index contributed by atoms with van der Waals surface area (Å²) in [5.41, 5.74) is 2.65. The molecule has 0 radical (unpaired) electrons. The standard InChI is InChI=1S/C13H9Cl2FN4/c1-6-7(2)20-12(18-19-13(20)11(15)17-6)9-4-3-8(16)5-10(9)14/h3-5H,1-2H3. The third kappa shape index (κ3) is 1.94. The molecule has 0 spiro atoms. The van der Waals surface area contributed by atoms with Gasteiger partial charge in [-0.05, 0) is 32.0 Å². The van der Waals surface area contributed by atoms with Crippen LogP contribution in [0.1, 0.15) is 11.4 Å². The van der Waals surface area contributed by atoms with Crippen molar-refractivity contribution in [1.29, 1.82) is 0 Å². The molecule has 0 saturated carbocycles. The fraction of sp³-hybridized carbons (Fsp3) is 0.154. The quantitative estimate of drug-likeness (QED) is 0.685. The van der Waals surface area contributed by atoms with Gasteiger partial charge < -0.3 is 0 Å². The van der Waals surface area contributed by atoms with Crippen molar-refractivity contribution < 1.29 is 4.39 Å². The maximum Gasteiger partial charge on any atom is 0.199 e. The molecule has 0 bridgehead atoms. The zero-order valence-electron chi connectivity index (χ0n) is 10.7. The number of rotatable bonds is 1. The van der Waals surface area contributed by atoms with E-state index in [9.17, 15) is 4.39 Å². The highest BCUT2D eigenvalue weighted by Crippen LogP contribution is 2.29. The molecule has 20 heavy (non-hydrogen) atoms. The summed E-state index contributed by atoms with van der Waals surface area (Å²) in [4.78, 5) is 4.19. The molecule has 0 saturated heterocycles. The first-order chi connectivity index (χ1) is 9.49. The van der Waals surface area contributed by atoms with Crippen LogP contribution in [0.4, 0.5) is 4.39 Å². The van der Waals surface area contributed by atoms with E-state index >= 15 is 0 Å². The van der Waals surface area contributed by atoms with Crippen molar-refractivity contribution in [3.63, 3.8) is 0 Å². The van der Waals surface area contributed by atoms with Gasteiger partial charge in [-0.3, -0.25) is 4.40 Å². The van der Waals surface area contributed by atoms with Crippen LogP contribution in [0.15, 0.2) is 18.2 Å². The smallest absolute Gasteiger partial charge is 0.199 e. The third-order valence-corrected chi connectivity index (χ3v) is 3.71. The maximum absolute atomic E-state index is 13.2. The van der Waals surface area contributed by atoms with E-state index in [-0.39, 0.29) is 10.2 Å². The molecule has 0 atom stereocenters. The van der Waals surface area contributed by atoms with Crippen molar-refractivity contribution in [3.05, 3.63) is 45.6 Å². The largest absolute Gasteiger partial charge is 0.275 e. The van der Waals surface area contributed by atoms with Gasteiger partial charge >= 0.3 is 0 Å². The van der Waals surface area contributed by atoms with E-state index in [0.29, 0.717) is 17.0 Å². The zero-order valence-corrected chi connectivity index (χ0v) is 12.2. The monoisotopic (exact) mass is 310 g/mol. The molecule has 7 heteroatoms. The normalized spacial score (nSPS) is 11.2. The minimum absolute atomic E-state index is 0.268. The van der Waals surface area contributed by atoms with Crippen LogP contribution in [0.3, 0.4) is 0 Å². The van der Waals surface area contributed by atoms with Crippen LogP contribution in [0, 0.1) is 19.7 Å². The van der Waals surface area contributed by atoms with Crippen molar-refractivity contribution in [2.24, 2.45) is 0 Å². The van der Waals surface area contributed by atoms with E-state index in [4.69, 9.17) is 23.2 Å². The molecule has 0 aliphatic heterocycles. The molecular formula is C13H9Cl2FN4. The molecule has 0 fully saturated rings. The fourth-order valence-corrected chi connectivity index (χ4v) is 2.52. The summed E-state index contributed by atoms with van der Waals surface area (Å²) >= 11 is 12.2. The molecule has 2 heterocycles. The Labute approximate surface area is 124 Å². The molecule has 0 aliphatic carbocycles. The predicted molar refractivity (Wildman–Crippen MR) is 75.7 cm³/mol. The molecule has 0 amide bonds. The summed E-state index contributed by atoms with van der Waals surface area (Å²) in [6, 6.07) is 4.13. The average Bonchev–Trinajstić information content (AvgIpc) is 2.81. The van der Waals surface area contributed by atoms with E-state index in [0.717, 1.165) is 11.4 Å². The molecule has 3 rings (SSSR count). The van der Waals surface area contributed by atoms with E-state index in [1.807, 2.05) is 13.8 Å². The molecule has 0 N–H and O–H groups in total. The van der Waals surface area contributed by atoms with E-state index in [1.165, 1.54) is 12.1 Å². The zero-order chi connectivity index (χ0) is 14.4. The Bertz CT molecular complexity index is 829. The molecule has 0 aliphatic rings. The summed E-state index contributed by atoms with van der Waals surface area (Å²) < 4.78 is 14.9. The van der Waals surface area contributed by atoms with Crippen LogP contribution in [0.5, 0.6) is 0 Å². The minimum atomic E-state index is -0.403. The molecule has 2 aromatic heterocycles. The SMILES string of the molecule is Cc1nc(Cl)c2nnc(-c3ccc(F)cc3Cl)n2c1C. The second-order valence-corrected chi connectivity index (χ2v) is 5.15. The molecule has 4 nitrogen and oxygen atoms in total. The number of aryl methyl sites for hydroxylation is 2. The molecular weight excluding hydrogens is 302 g/mol. The van der Waals surface area contributed by atoms with Gasteiger partial charge in [-0.25, -0.2) is 9.37 Å². The number of hydrogen-bond acceptors (Lipinski definition) is 3. The van der Waals surface area contributed by atoms with Crippen LogP contribution in [0.2, 0.25) is 10.2 Å². The highest BCUT2D eigenvalue weighted by molar-refractivity contribution is 6.33. The van der Waals surface area contributed by atoms with Gasteiger partial charge in [0, 0.05) is 11.3 Å². The van der Waals surface area contributed by atoms with Crippen molar-refractivity contribution >= 4 is 28.8 Å². The fourth-order valence-electron chi connectivity index (χ4n) is 2.02. The van der Waals surface area contributed by atoms with E-state index in [1.54, 1.807) is 10.5 Å². The van der Waals surface area contributed by atoms with Crippen LogP contribution >= 0.6 is 23.2 Å². The summed E-state index contributed by atoms with van der Waals surface area (Å²) in [6.07, 6.45) is 0. The van der Waals surface area contributed by atoms with Gasteiger partial charge in [-0.15, -0.1) is 10.2 Å². The van der Waals surface area contributed by atoms with Gasteiger partial charge in [-0.2, -0.15) is 0 Å². The first-order valence-corrected chi connectivity index (χ1v) is 6.58. The molecule has 102 valence electrons. The lowest BCUT2D eigenvalue weighted by atomic mass is 10.2. The number of halogens is 3. The number of nitrogens with zero attached hydrogens (tertiary/aromatic N) is 4. The van der Waals surface area contributed by atoms with E-state index < -0.39 is 5.82 Å². The molecule has 1 aromatic carbocycles. The van der Waals surface area contributed by atoms with Crippen molar-refractivity contribution in [1.82, 2.24) is 19.6 Å². The number of hydrogen-bond donors (Lipinski definition) is 0. The summed E-state index contributed by atoms with van der Waals surface area (Å²) in [5.74, 6) is 0.107. The Hall–Kier alpha value is -1.72. The Morgan fingerprint density at radius 1 is 1.15 bits per heavy atom. The van der Waals surface area contributed by atoms with Crippen LogP contribution in [-0.4, -0.2) is 19.6 Å². The van der Waals surface area contributed by atoms with Crippen LogP contribution in [0.25, 0.3) is 17.0 Å². The van der Waals surface area contributed by atoms with Crippen LogP contribution in [-0.2, 0) is 0 Å². The Balaban J connectivity index is 2.38. The number of benzene rings is 1. The Kier molecular flexibility index (Phi) is 3.11. The lowest BCUT2D eigenvalue weighted by Gasteiger charge is -2.08. The van der Waals surface area contributed by atoms with Crippen molar-refractivity contribution in [2.45, 2.75) is 13.8 Å². The minimum Gasteiger partial charge on any atom is -0.275 e. The van der Waals surface area contributed by atoms with Gasteiger partial charge in [0.2, 0.25) is 0 Å². The summed E-state index contributed by atoms with van der Waals surface area (Å²) in [5, 5.41) is 8.66. The van der Waals surface area contributed by atoms with E-state index in [2.05, 4.69) is 15.2 Å². The Morgan fingerprint density at radius 3 is 2.60 bits per heavy atom. The Morgan fingerprint density at radius 2 is 1.90 bits per heavy atom. The summed E-state index contributed by atoms with van der Waals surface area (Å²) in [6.45, 7) is 3.73. The van der Waals surface area contributed by atoms with Crippen molar-refractivity contribution in [3.8, 4) is 11.4 Å². The maximum atomic E-state index is 13.2. The van der Waals surface area contributed by atoms with Gasteiger partial charge in [-0.1, -0.05) is 23.2 Å². The number of fused-ring (bicyclic) bond motifs is 1. The van der Waals surface area contributed by atoms with Crippen molar-refractivity contribution in [2.75, 3.05) is 0 Å². The molecule has 3 aromatic rings. The molecule has 0 unspecified atom stereocenters. The highest BCUT2D eigenvalue weighted by atomic mass is 35.5. The summed E-state index contributed by atoms with van der Waals surface area (Å²) in [7, 11) is 0. The third-order valence-electron chi connectivity index (χ3n) is 3.14. The lowest BCUT2D eigenvalue weighted by Crippen LogP contribution is -2.01. The predicted octanol–water partition coefficient (Wildman–Crippen LogP) is 3.85. The number of aromatic nitrogens is 4. The van der Waals surface area contributed by atoms with Gasteiger partial charge in [0.25, 0.3) is 0 Å². The average molecular weight is 311 g/mol. The first kappa shape index (κ1) is 13.3. The lowest BCUT2D eigenvalue weighted by molar-refractivity contribution is 0.628. The van der Waals surface area contributed by atoms with Gasteiger partial charge in [0.05, 0.1) is 10.7 Å².